The predicted octanol–water partition coefficient (Wildman–Crippen LogP) is 3.09. The Labute approximate surface area is 118 Å². The summed E-state index contributed by atoms with van der Waals surface area (Å²) >= 11 is 0. The highest BCUT2D eigenvalue weighted by Crippen LogP contribution is 2.30. The van der Waals surface area contributed by atoms with Gasteiger partial charge in [-0.3, -0.25) is 0 Å². The van der Waals surface area contributed by atoms with Crippen LogP contribution < -0.4 is 4.90 Å². The van der Waals surface area contributed by atoms with E-state index in [1.54, 1.807) is 12.1 Å². The van der Waals surface area contributed by atoms with Gasteiger partial charge in [0.15, 0.2) is 0 Å². The van der Waals surface area contributed by atoms with E-state index in [2.05, 4.69) is 24.1 Å². The van der Waals surface area contributed by atoms with E-state index in [0.29, 0.717) is 6.42 Å². The van der Waals surface area contributed by atoms with Gasteiger partial charge in [0.1, 0.15) is 5.82 Å². The summed E-state index contributed by atoms with van der Waals surface area (Å²) in [5.41, 5.74) is 4.42. The number of aliphatic hydroxyl groups is 1. The monoisotopic (exact) mass is 271 g/mol. The van der Waals surface area contributed by atoms with Gasteiger partial charge < -0.3 is 10.0 Å². The molecule has 2 aromatic carbocycles. The Morgan fingerprint density at radius 1 is 1.20 bits per heavy atom. The van der Waals surface area contributed by atoms with Crippen LogP contribution in [0, 0.1) is 5.82 Å². The third-order valence-electron chi connectivity index (χ3n) is 3.96. The number of aliphatic hydroxyl groups excluding tert-OH is 1. The second kappa shape index (κ2) is 5.25. The molecule has 0 amide bonds. The average Bonchev–Trinajstić information content (AvgIpc) is 2.82. The number of rotatable bonds is 3. The molecule has 20 heavy (non-hydrogen) atoms. The molecule has 0 bridgehead atoms. The summed E-state index contributed by atoms with van der Waals surface area (Å²) in [7, 11) is 2.08. The fourth-order valence-corrected chi connectivity index (χ4v) is 2.76. The van der Waals surface area contributed by atoms with Crippen molar-refractivity contribution < 1.29 is 9.50 Å². The van der Waals surface area contributed by atoms with Crippen LogP contribution >= 0.6 is 0 Å². The molecule has 0 spiro atoms. The average molecular weight is 271 g/mol. The van der Waals surface area contributed by atoms with Crippen LogP contribution in [0.2, 0.25) is 0 Å². The zero-order valence-corrected chi connectivity index (χ0v) is 11.5. The predicted molar refractivity (Wildman–Crippen MR) is 78.5 cm³/mol. The van der Waals surface area contributed by atoms with Gasteiger partial charge in [0.2, 0.25) is 0 Å². The van der Waals surface area contributed by atoms with Gasteiger partial charge in [0.25, 0.3) is 0 Å². The largest absolute Gasteiger partial charge is 0.388 e. The van der Waals surface area contributed by atoms with Gasteiger partial charge >= 0.3 is 0 Å². The lowest BCUT2D eigenvalue weighted by Crippen LogP contribution is -2.12. The van der Waals surface area contributed by atoms with Gasteiger partial charge in [-0.15, -0.1) is 0 Å². The summed E-state index contributed by atoms with van der Waals surface area (Å²) in [6.07, 6.45) is 0.995. The molecule has 1 heterocycles. The van der Waals surface area contributed by atoms with E-state index in [1.807, 2.05) is 6.07 Å². The van der Waals surface area contributed by atoms with Gasteiger partial charge in [-0.2, -0.15) is 0 Å². The third kappa shape index (κ3) is 2.54. The molecule has 2 nitrogen and oxygen atoms in total. The molecule has 0 aromatic heterocycles. The number of hydrogen-bond acceptors (Lipinski definition) is 2. The molecule has 1 aliphatic rings. The molecule has 0 saturated carbocycles. The molecular formula is C17H18FNO. The summed E-state index contributed by atoms with van der Waals surface area (Å²) in [4.78, 5) is 2.23. The van der Waals surface area contributed by atoms with Crippen LogP contribution in [0.15, 0.2) is 42.5 Å². The zero-order valence-electron chi connectivity index (χ0n) is 11.5. The smallest absolute Gasteiger partial charge is 0.123 e. The molecule has 1 atom stereocenters. The number of fused-ring (bicyclic) bond motifs is 1. The Bertz CT molecular complexity index is 609. The molecule has 0 fully saturated rings. The highest BCUT2D eigenvalue weighted by Gasteiger charge is 2.18. The summed E-state index contributed by atoms with van der Waals surface area (Å²) in [5.74, 6) is -0.246. The van der Waals surface area contributed by atoms with Crippen LogP contribution in [0.1, 0.15) is 22.8 Å². The van der Waals surface area contributed by atoms with Crippen molar-refractivity contribution in [3.05, 3.63) is 65.0 Å². The van der Waals surface area contributed by atoms with Gasteiger partial charge in [0, 0.05) is 25.7 Å². The Morgan fingerprint density at radius 2 is 1.95 bits per heavy atom. The van der Waals surface area contributed by atoms with E-state index in [1.165, 1.54) is 23.4 Å². The van der Waals surface area contributed by atoms with Crippen LogP contribution in [0.5, 0.6) is 0 Å². The van der Waals surface area contributed by atoms with Gasteiger partial charge in [-0.05, 0) is 41.3 Å². The van der Waals surface area contributed by atoms with E-state index in [-0.39, 0.29) is 5.82 Å². The van der Waals surface area contributed by atoms with E-state index in [9.17, 15) is 9.50 Å². The number of halogens is 1. The summed E-state index contributed by atoms with van der Waals surface area (Å²) in [6.45, 7) is 1.03. The van der Waals surface area contributed by atoms with E-state index >= 15 is 0 Å². The van der Waals surface area contributed by atoms with E-state index < -0.39 is 6.10 Å². The first-order valence-electron chi connectivity index (χ1n) is 6.90. The van der Waals surface area contributed by atoms with E-state index in [0.717, 1.165) is 24.1 Å². The van der Waals surface area contributed by atoms with Crippen molar-refractivity contribution in [1.82, 2.24) is 0 Å². The van der Waals surface area contributed by atoms with Crippen molar-refractivity contribution in [2.45, 2.75) is 18.9 Å². The zero-order chi connectivity index (χ0) is 14.1. The number of hydrogen-bond donors (Lipinski definition) is 1. The van der Waals surface area contributed by atoms with Gasteiger partial charge in [0.05, 0.1) is 6.10 Å². The lowest BCUT2D eigenvalue weighted by atomic mass is 9.99. The molecule has 1 N–H and O–H groups in total. The minimum Gasteiger partial charge on any atom is -0.388 e. The molecule has 3 rings (SSSR count). The highest BCUT2D eigenvalue weighted by molar-refractivity contribution is 5.58. The Morgan fingerprint density at radius 3 is 2.70 bits per heavy atom. The summed E-state index contributed by atoms with van der Waals surface area (Å²) < 4.78 is 12.9. The minimum atomic E-state index is -0.545. The van der Waals surface area contributed by atoms with Crippen LogP contribution in [0.3, 0.4) is 0 Å². The topological polar surface area (TPSA) is 23.5 Å². The number of anilines is 1. The van der Waals surface area contributed by atoms with E-state index in [4.69, 9.17) is 0 Å². The highest BCUT2D eigenvalue weighted by atomic mass is 19.1. The lowest BCUT2D eigenvalue weighted by molar-refractivity contribution is 0.178. The number of nitrogens with zero attached hydrogens (tertiary/aromatic N) is 1. The molecule has 1 aliphatic heterocycles. The fourth-order valence-electron chi connectivity index (χ4n) is 2.76. The first kappa shape index (κ1) is 13.1. The Balaban J connectivity index is 1.77. The normalized spacial score (nSPS) is 15.2. The first-order chi connectivity index (χ1) is 9.63. The maximum Gasteiger partial charge on any atom is 0.123 e. The molecule has 2 aromatic rings. The van der Waals surface area contributed by atoms with Crippen LogP contribution in [0.4, 0.5) is 10.1 Å². The molecule has 104 valence electrons. The Kier molecular flexibility index (Phi) is 3.45. The van der Waals surface area contributed by atoms with Crippen molar-refractivity contribution in [1.29, 1.82) is 0 Å². The van der Waals surface area contributed by atoms with Gasteiger partial charge in [-0.25, -0.2) is 4.39 Å². The van der Waals surface area contributed by atoms with Crippen LogP contribution in [0.25, 0.3) is 0 Å². The van der Waals surface area contributed by atoms with Crippen LogP contribution in [-0.2, 0) is 12.8 Å². The minimum absolute atomic E-state index is 0.246. The standard InChI is InChI=1S/C17H18FNO/c1-19-9-8-13-11-14(4-7-16(13)19)17(20)10-12-2-5-15(18)6-3-12/h2-7,11,17,20H,8-10H2,1H3. The molecule has 1 unspecified atom stereocenters. The lowest BCUT2D eigenvalue weighted by Gasteiger charge is -2.15. The van der Waals surface area contributed by atoms with Crippen molar-refractivity contribution in [2.24, 2.45) is 0 Å². The van der Waals surface area contributed by atoms with Crippen molar-refractivity contribution in [2.75, 3.05) is 18.5 Å². The molecule has 0 saturated heterocycles. The van der Waals surface area contributed by atoms with Crippen molar-refractivity contribution >= 4 is 5.69 Å². The van der Waals surface area contributed by atoms with Crippen molar-refractivity contribution in [3.8, 4) is 0 Å². The molecule has 0 radical (unpaired) electrons. The second-order valence-electron chi connectivity index (χ2n) is 5.41. The quantitative estimate of drug-likeness (QED) is 0.927. The first-order valence-corrected chi connectivity index (χ1v) is 6.90. The maximum absolute atomic E-state index is 12.9. The molecular weight excluding hydrogens is 253 g/mol. The fraction of sp³-hybridized carbons (Fsp3) is 0.294. The summed E-state index contributed by atoms with van der Waals surface area (Å²) in [5, 5.41) is 10.3. The summed E-state index contributed by atoms with van der Waals surface area (Å²) in [6, 6.07) is 12.5. The van der Waals surface area contributed by atoms with Crippen molar-refractivity contribution in [3.63, 3.8) is 0 Å². The number of likely N-dealkylation sites (N-methyl/N-ethyl adjacent to an activating group) is 1. The Hall–Kier alpha value is -1.87. The second-order valence-corrected chi connectivity index (χ2v) is 5.41. The molecule has 3 heteroatoms. The van der Waals surface area contributed by atoms with Crippen LogP contribution in [-0.4, -0.2) is 18.7 Å². The molecule has 0 aliphatic carbocycles. The maximum atomic E-state index is 12.9. The third-order valence-corrected chi connectivity index (χ3v) is 3.96. The SMILES string of the molecule is CN1CCc2cc(C(O)Cc3ccc(F)cc3)ccc21. The number of benzene rings is 2. The van der Waals surface area contributed by atoms with Gasteiger partial charge in [-0.1, -0.05) is 24.3 Å².